The van der Waals surface area contributed by atoms with Crippen LogP contribution < -0.4 is 10.6 Å². The Kier molecular flexibility index (Phi) is 9.16. The molecule has 0 aliphatic rings. The lowest BCUT2D eigenvalue weighted by Gasteiger charge is -2.24. The highest BCUT2D eigenvalue weighted by Gasteiger charge is 2.20. The highest BCUT2D eigenvalue weighted by atomic mass is 16.4. The number of carboxylic acid groups (broad SMARTS) is 1. The Hall–Kier alpha value is -1.79. The van der Waals surface area contributed by atoms with Crippen LogP contribution in [-0.2, 0) is 9.59 Å². The molecule has 0 aliphatic carbocycles. The molecule has 0 aromatic rings. The highest BCUT2D eigenvalue weighted by Crippen LogP contribution is 2.01. The van der Waals surface area contributed by atoms with Gasteiger partial charge in [0.15, 0.2) is 0 Å². The Labute approximate surface area is 126 Å². The Morgan fingerprint density at radius 2 is 1.67 bits per heavy atom. The summed E-state index contributed by atoms with van der Waals surface area (Å²) in [6, 6.07) is -1.14. The average molecular weight is 301 g/mol. The molecule has 0 bridgehead atoms. The number of carboxylic acids is 1. The zero-order chi connectivity index (χ0) is 16.4. The molecular weight excluding hydrogens is 274 g/mol. The third-order valence-electron chi connectivity index (χ3n) is 3.20. The van der Waals surface area contributed by atoms with Gasteiger partial charge in [-0.1, -0.05) is 0 Å². The quantitative estimate of drug-likeness (QED) is 0.595. The van der Waals surface area contributed by atoms with Gasteiger partial charge in [-0.25, -0.2) is 4.79 Å². The van der Waals surface area contributed by atoms with Gasteiger partial charge >= 0.3 is 12.0 Å². The van der Waals surface area contributed by atoms with Gasteiger partial charge < -0.3 is 20.6 Å². The Morgan fingerprint density at radius 3 is 2.14 bits per heavy atom. The van der Waals surface area contributed by atoms with Crippen molar-refractivity contribution in [1.29, 1.82) is 0 Å². The molecule has 3 N–H and O–H groups in total. The monoisotopic (exact) mass is 301 g/mol. The van der Waals surface area contributed by atoms with Gasteiger partial charge in [-0.3, -0.25) is 9.59 Å². The lowest BCUT2D eigenvalue weighted by atomic mass is 10.1. The van der Waals surface area contributed by atoms with Crippen molar-refractivity contribution in [3.8, 4) is 0 Å². The molecule has 2 atom stereocenters. The van der Waals surface area contributed by atoms with E-state index in [0.717, 1.165) is 0 Å². The van der Waals surface area contributed by atoms with Crippen LogP contribution in [0.3, 0.4) is 0 Å². The van der Waals surface area contributed by atoms with Crippen molar-refractivity contribution in [3.63, 3.8) is 0 Å². The minimum Gasteiger partial charge on any atom is -0.481 e. The van der Waals surface area contributed by atoms with Gasteiger partial charge in [0.1, 0.15) is 6.04 Å². The zero-order valence-corrected chi connectivity index (χ0v) is 13.3. The van der Waals surface area contributed by atoms with Crippen molar-refractivity contribution in [2.45, 2.75) is 59.0 Å². The molecule has 0 heterocycles. The van der Waals surface area contributed by atoms with Gasteiger partial charge in [0, 0.05) is 25.6 Å². The zero-order valence-electron chi connectivity index (χ0n) is 13.3. The lowest BCUT2D eigenvalue weighted by molar-refractivity contribution is -0.137. The first-order valence-corrected chi connectivity index (χ1v) is 7.39. The molecule has 0 aromatic heterocycles. The normalized spacial score (nSPS) is 13.1. The number of carbonyl (C=O) groups is 3. The van der Waals surface area contributed by atoms with Gasteiger partial charge in [-0.05, 0) is 40.5 Å². The van der Waals surface area contributed by atoms with Crippen LogP contribution in [0.1, 0.15) is 47.0 Å². The number of urea groups is 1. The summed E-state index contributed by atoms with van der Waals surface area (Å²) in [6.45, 7) is 8.44. The molecule has 0 rings (SSSR count). The van der Waals surface area contributed by atoms with Crippen LogP contribution in [0.5, 0.6) is 0 Å². The summed E-state index contributed by atoms with van der Waals surface area (Å²) in [5, 5.41) is 13.8. The molecule has 122 valence electrons. The van der Waals surface area contributed by atoms with Crippen LogP contribution in [-0.4, -0.2) is 53.1 Å². The van der Waals surface area contributed by atoms with E-state index < -0.39 is 18.0 Å². The van der Waals surface area contributed by atoms with Crippen molar-refractivity contribution in [1.82, 2.24) is 15.5 Å². The largest absolute Gasteiger partial charge is 0.481 e. The average Bonchev–Trinajstić information content (AvgIpc) is 2.38. The number of amides is 3. The molecule has 3 amide bonds. The first-order valence-electron chi connectivity index (χ1n) is 7.39. The standard InChI is InChI=1S/C14H27N3O4/c1-5-17(6-2)13(20)11(4)16-14(21)15-10(3)8-7-9-12(18)19/h10-11H,5-9H2,1-4H3,(H,18,19)(H2,15,16,21). The van der Waals surface area contributed by atoms with E-state index in [1.54, 1.807) is 18.7 Å². The fourth-order valence-electron chi connectivity index (χ4n) is 1.96. The van der Waals surface area contributed by atoms with E-state index in [-0.39, 0.29) is 18.4 Å². The predicted molar refractivity (Wildman–Crippen MR) is 80.0 cm³/mol. The Morgan fingerprint density at radius 1 is 1.10 bits per heavy atom. The molecule has 7 heteroatoms. The summed E-state index contributed by atoms with van der Waals surface area (Å²) in [6.07, 6.45) is 1.17. The van der Waals surface area contributed by atoms with E-state index >= 15 is 0 Å². The molecule has 0 saturated heterocycles. The summed E-state index contributed by atoms with van der Waals surface area (Å²) in [7, 11) is 0. The van der Waals surface area contributed by atoms with Crippen molar-refractivity contribution in [2.75, 3.05) is 13.1 Å². The fraction of sp³-hybridized carbons (Fsp3) is 0.786. The van der Waals surface area contributed by atoms with Gasteiger partial charge in [0.2, 0.25) is 5.91 Å². The van der Waals surface area contributed by atoms with E-state index in [0.29, 0.717) is 25.9 Å². The smallest absolute Gasteiger partial charge is 0.315 e. The number of hydrogen-bond acceptors (Lipinski definition) is 3. The molecule has 0 fully saturated rings. The molecule has 7 nitrogen and oxygen atoms in total. The van der Waals surface area contributed by atoms with Gasteiger partial charge in [0.25, 0.3) is 0 Å². The van der Waals surface area contributed by atoms with Crippen LogP contribution in [0.2, 0.25) is 0 Å². The number of likely N-dealkylation sites (N-methyl/N-ethyl adjacent to an activating group) is 1. The first kappa shape index (κ1) is 19.2. The number of aliphatic carboxylic acids is 1. The topological polar surface area (TPSA) is 98.7 Å². The minimum atomic E-state index is -0.843. The van der Waals surface area contributed by atoms with E-state index in [4.69, 9.17) is 5.11 Å². The SMILES string of the molecule is CCN(CC)C(=O)C(C)NC(=O)NC(C)CCCC(=O)O. The van der Waals surface area contributed by atoms with E-state index in [1.807, 2.05) is 13.8 Å². The minimum absolute atomic E-state index is 0.0878. The fourth-order valence-corrected chi connectivity index (χ4v) is 1.96. The number of rotatable bonds is 9. The van der Waals surface area contributed by atoms with Gasteiger partial charge in [-0.15, -0.1) is 0 Å². The van der Waals surface area contributed by atoms with Crippen molar-refractivity contribution < 1.29 is 19.5 Å². The molecule has 0 spiro atoms. The van der Waals surface area contributed by atoms with Crippen LogP contribution in [0.25, 0.3) is 0 Å². The molecule has 0 saturated carbocycles. The lowest BCUT2D eigenvalue weighted by Crippen LogP contribution is -2.51. The molecule has 0 radical (unpaired) electrons. The summed E-state index contributed by atoms with van der Waals surface area (Å²) in [5.74, 6) is -0.959. The molecular formula is C14H27N3O4. The summed E-state index contributed by atoms with van der Waals surface area (Å²) in [4.78, 5) is 35.8. The second-order valence-electron chi connectivity index (χ2n) is 5.04. The maximum atomic E-state index is 12.0. The maximum Gasteiger partial charge on any atom is 0.315 e. The molecule has 2 unspecified atom stereocenters. The molecule has 0 aliphatic heterocycles. The van der Waals surface area contributed by atoms with E-state index in [2.05, 4.69) is 10.6 Å². The Bertz CT molecular complexity index is 356. The number of nitrogens with zero attached hydrogens (tertiary/aromatic N) is 1. The first-order chi connectivity index (χ1) is 9.81. The second kappa shape index (κ2) is 10.0. The Balaban J connectivity index is 4.12. The van der Waals surface area contributed by atoms with Crippen molar-refractivity contribution >= 4 is 17.9 Å². The number of carbonyl (C=O) groups excluding carboxylic acids is 2. The van der Waals surface area contributed by atoms with Gasteiger partial charge in [0.05, 0.1) is 0 Å². The summed E-state index contributed by atoms with van der Waals surface area (Å²) >= 11 is 0. The highest BCUT2D eigenvalue weighted by molar-refractivity contribution is 5.86. The number of nitrogens with one attached hydrogen (secondary N) is 2. The number of hydrogen-bond donors (Lipinski definition) is 3. The van der Waals surface area contributed by atoms with E-state index in [1.165, 1.54) is 0 Å². The second-order valence-corrected chi connectivity index (χ2v) is 5.04. The molecule has 0 aromatic carbocycles. The van der Waals surface area contributed by atoms with E-state index in [9.17, 15) is 14.4 Å². The molecule has 21 heavy (non-hydrogen) atoms. The van der Waals surface area contributed by atoms with Crippen molar-refractivity contribution in [3.05, 3.63) is 0 Å². The van der Waals surface area contributed by atoms with Gasteiger partial charge in [-0.2, -0.15) is 0 Å². The summed E-state index contributed by atoms with van der Waals surface area (Å²) in [5.41, 5.74) is 0. The third kappa shape index (κ3) is 8.16. The van der Waals surface area contributed by atoms with Crippen LogP contribution in [0.15, 0.2) is 0 Å². The van der Waals surface area contributed by atoms with Crippen LogP contribution >= 0.6 is 0 Å². The van der Waals surface area contributed by atoms with Crippen LogP contribution in [0, 0.1) is 0 Å². The maximum absolute atomic E-state index is 12.0. The van der Waals surface area contributed by atoms with Crippen LogP contribution in [0.4, 0.5) is 4.79 Å². The van der Waals surface area contributed by atoms with Crippen molar-refractivity contribution in [2.24, 2.45) is 0 Å². The summed E-state index contributed by atoms with van der Waals surface area (Å²) < 4.78 is 0. The predicted octanol–water partition coefficient (Wildman–Crippen LogP) is 1.19. The third-order valence-corrected chi connectivity index (χ3v) is 3.20.